The van der Waals surface area contributed by atoms with Gasteiger partial charge in [0.25, 0.3) is 0 Å². The number of hydrogen-bond acceptors (Lipinski definition) is 9. The molecule has 0 aliphatic heterocycles. The van der Waals surface area contributed by atoms with Crippen LogP contribution in [-0.2, 0) is 48.2 Å². The van der Waals surface area contributed by atoms with E-state index in [2.05, 4.69) is 17.2 Å². The normalized spacial score (nSPS) is 11.4. The van der Waals surface area contributed by atoms with Gasteiger partial charge in [-0.15, -0.1) is 0 Å². The lowest BCUT2D eigenvalue weighted by molar-refractivity contribution is -0.160. The average molecular weight is 659 g/mol. The van der Waals surface area contributed by atoms with Gasteiger partial charge in [-0.1, -0.05) is 99.7 Å². The molecular weight excluding hydrogens is 616 g/mol. The molecule has 11 heteroatoms. The molecule has 0 saturated heterocycles. The van der Waals surface area contributed by atoms with E-state index in [4.69, 9.17) is 23.7 Å². The van der Waals surface area contributed by atoms with Crippen LogP contribution in [0.4, 0.5) is 9.59 Å². The minimum atomic E-state index is -1.21. The van der Waals surface area contributed by atoms with E-state index in [9.17, 15) is 19.2 Å². The molecule has 1 amide bonds. The summed E-state index contributed by atoms with van der Waals surface area (Å²) in [6.45, 7) is 1.85. The first kappa shape index (κ1) is 35.5. The van der Waals surface area contributed by atoms with E-state index in [1.165, 1.54) is 6.42 Å². The van der Waals surface area contributed by atoms with Crippen molar-refractivity contribution in [2.45, 2.75) is 71.1 Å². The van der Waals surface area contributed by atoms with E-state index in [-0.39, 0.29) is 32.0 Å². The van der Waals surface area contributed by atoms with E-state index in [0.29, 0.717) is 16.5 Å². The number of aromatic nitrogens is 1. The number of carbonyl (C=O) groups is 4. The summed E-state index contributed by atoms with van der Waals surface area (Å²) in [4.78, 5) is 53.7. The summed E-state index contributed by atoms with van der Waals surface area (Å²) in [6, 6.07) is 22.0. The molecule has 11 nitrogen and oxygen atoms in total. The highest BCUT2D eigenvalue weighted by atomic mass is 16.7. The molecule has 0 radical (unpaired) electrons. The van der Waals surface area contributed by atoms with Gasteiger partial charge in [0.05, 0.1) is 6.61 Å². The van der Waals surface area contributed by atoms with E-state index in [1.807, 2.05) is 48.5 Å². The van der Waals surface area contributed by atoms with Gasteiger partial charge in [-0.05, 0) is 41.3 Å². The molecule has 0 unspecified atom stereocenters. The van der Waals surface area contributed by atoms with E-state index in [1.54, 1.807) is 36.5 Å². The zero-order valence-electron chi connectivity index (χ0n) is 27.1. The molecule has 0 spiro atoms. The van der Waals surface area contributed by atoms with Gasteiger partial charge in [0.2, 0.25) is 0 Å². The molecule has 48 heavy (non-hydrogen) atoms. The standard InChI is InChI=1S/C37H42N2O9/c1-2-3-4-5-6-13-20-44-34(40)26-45-35(41)33(39-36(42)46-24-27-14-9-7-10-15-27)21-29-23-38-32-19-18-30(22-31(29)32)48-37(43)47-25-28-16-11-8-12-17-28/h7-12,14-19,22-23,33,38H,2-6,13,20-21,24-26H2,1H3,(H,39,42)/t33-/m0/s1. The average Bonchev–Trinajstić information content (AvgIpc) is 3.50. The third kappa shape index (κ3) is 12.1. The van der Waals surface area contributed by atoms with Crippen LogP contribution in [0.3, 0.4) is 0 Å². The third-order valence-corrected chi connectivity index (χ3v) is 7.45. The Balaban J connectivity index is 1.37. The monoisotopic (exact) mass is 658 g/mol. The summed E-state index contributed by atoms with van der Waals surface area (Å²) in [5, 5.41) is 3.20. The molecule has 3 aromatic carbocycles. The SMILES string of the molecule is CCCCCCCCOC(=O)COC(=O)[C@H](Cc1c[nH]c2ccc(OC(=O)OCc3ccccc3)cc12)NC(=O)OCc1ccccc1. The zero-order valence-corrected chi connectivity index (χ0v) is 27.1. The topological polar surface area (TPSA) is 142 Å². The molecular formula is C37H42N2O9. The van der Waals surface area contributed by atoms with Crippen LogP contribution < -0.4 is 10.1 Å². The summed E-state index contributed by atoms with van der Waals surface area (Å²) >= 11 is 0. The van der Waals surface area contributed by atoms with Crippen molar-refractivity contribution in [2.75, 3.05) is 13.2 Å². The number of fused-ring (bicyclic) bond motifs is 1. The number of benzene rings is 3. The molecule has 0 aliphatic rings. The summed E-state index contributed by atoms with van der Waals surface area (Å²) < 4.78 is 26.4. The van der Waals surface area contributed by atoms with Crippen molar-refractivity contribution >= 4 is 35.1 Å². The summed E-state index contributed by atoms with van der Waals surface area (Å²) in [5.41, 5.74) is 2.90. The Labute approximate surface area is 279 Å². The molecule has 1 heterocycles. The van der Waals surface area contributed by atoms with E-state index >= 15 is 0 Å². The Kier molecular flexibility index (Phi) is 14.3. The quantitative estimate of drug-likeness (QED) is 0.0492. The molecule has 254 valence electrons. The number of hydrogen-bond donors (Lipinski definition) is 2. The van der Waals surface area contributed by atoms with Crippen LogP contribution in [0.25, 0.3) is 10.9 Å². The van der Waals surface area contributed by atoms with Gasteiger partial charge in [0.1, 0.15) is 25.0 Å². The Hall–Kier alpha value is -5.32. The van der Waals surface area contributed by atoms with Crippen molar-refractivity contribution in [3.8, 4) is 5.75 Å². The van der Waals surface area contributed by atoms with Gasteiger partial charge in [0, 0.05) is 23.5 Å². The Morgan fingerprint density at radius 1 is 0.750 bits per heavy atom. The molecule has 2 N–H and O–H groups in total. The number of alkyl carbamates (subject to hydrolysis) is 1. The second-order valence-electron chi connectivity index (χ2n) is 11.2. The maximum atomic E-state index is 13.2. The number of nitrogens with one attached hydrogen (secondary N) is 2. The minimum Gasteiger partial charge on any atom is -0.463 e. The maximum absolute atomic E-state index is 13.2. The van der Waals surface area contributed by atoms with Gasteiger partial charge < -0.3 is 34.0 Å². The van der Waals surface area contributed by atoms with Gasteiger partial charge >= 0.3 is 24.2 Å². The van der Waals surface area contributed by atoms with Crippen molar-refractivity contribution in [2.24, 2.45) is 0 Å². The van der Waals surface area contributed by atoms with Crippen LogP contribution in [0, 0.1) is 0 Å². The lowest BCUT2D eigenvalue weighted by Crippen LogP contribution is -2.44. The number of unbranched alkanes of at least 4 members (excludes halogenated alkanes) is 5. The highest BCUT2D eigenvalue weighted by Gasteiger charge is 2.26. The van der Waals surface area contributed by atoms with Crippen molar-refractivity contribution < 1.29 is 42.9 Å². The van der Waals surface area contributed by atoms with Crippen LogP contribution in [0.1, 0.15) is 62.1 Å². The molecule has 0 fully saturated rings. The number of H-pyrrole nitrogens is 1. The number of amides is 1. The lowest BCUT2D eigenvalue weighted by Gasteiger charge is -2.17. The van der Waals surface area contributed by atoms with Crippen LogP contribution in [0.15, 0.2) is 85.1 Å². The highest BCUT2D eigenvalue weighted by Crippen LogP contribution is 2.25. The van der Waals surface area contributed by atoms with Gasteiger partial charge in [-0.2, -0.15) is 0 Å². The molecule has 1 atom stereocenters. The number of carbonyl (C=O) groups excluding carboxylic acids is 4. The van der Waals surface area contributed by atoms with Gasteiger partial charge in [-0.25, -0.2) is 19.2 Å². The predicted octanol–water partition coefficient (Wildman–Crippen LogP) is 7.17. The third-order valence-electron chi connectivity index (χ3n) is 7.45. The van der Waals surface area contributed by atoms with Crippen LogP contribution in [0.5, 0.6) is 5.75 Å². The number of ether oxygens (including phenoxy) is 5. The van der Waals surface area contributed by atoms with Crippen molar-refractivity contribution in [1.82, 2.24) is 10.3 Å². The number of rotatable bonds is 18. The van der Waals surface area contributed by atoms with Crippen molar-refractivity contribution in [3.05, 3.63) is 102 Å². The van der Waals surface area contributed by atoms with Crippen molar-refractivity contribution in [3.63, 3.8) is 0 Å². The fourth-order valence-corrected chi connectivity index (χ4v) is 4.89. The van der Waals surface area contributed by atoms with E-state index < -0.39 is 36.8 Å². The maximum Gasteiger partial charge on any atom is 0.514 e. The first-order valence-electron chi connectivity index (χ1n) is 16.2. The highest BCUT2D eigenvalue weighted by molar-refractivity contribution is 5.88. The first-order chi connectivity index (χ1) is 23.4. The lowest BCUT2D eigenvalue weighted by atomic mass is 10.0. The van der Waals surface area contributed by atoms with Crippen LogP contribution >= 0.6 is 0 Å². The minimum absolute atomic E-state index is 0.00658. The fraction of sp³-hybridized carbons (Fsp3) is 0.351. The van der Waals surface area contributed by atoms with E-state index in [0.717, 1.165) is 43.2 Å². The predicted molar refractivity (Wildman–Crippen MR) is 178 cm³/mol. The Morgan fingerprint density at radius 2 is 1.42 bits per heavy atom. The fourth-order valence-electron chi connectivity index (χ4n) is 4.89. The summed E-state index contributed by atoms with van der Waals surface area (Å²) in [6.07, 6.45) is 6.20. The summed E-state index contributed by atoms with van der Waals surface area (Å²) in [5.74, 6) is -1.28. The molecule has 4 aromatic rings. The second-order valence-corrected chi connectivity index (χ2v) is 11.2. The molecule has 0 bridgehead atoms. The second kappa shape index (κ2) is 19.4. The number of aromatic amines is 1. The van der Waals surface area contributed by atoms with Crippen LogP contribution in [-0.4, -0.2) is 48.4 Å². The summed E-state index contributed by atoms with van der Waals surface area (Å²) in [7, 11) is 0. The van der Waals surface area contributed by atoms with Crippen molar-refractivity contribution in [1.29, 1.82) is 0 Å². The Bertz CT molecular complexity index is 1610. The molecule has 1 aromatic heterocycles. The zero-order chi connectivity index (χ0) is 34.0. The van der Waals surface area contributed by atoms with Gasteiger partial charge in [-0.3, -0.25) is 0 Å². The Morgan fingerprint density at radius 3 is 2.12 bits per heavy atom. The smallest absolute Gasteiger partial charge is 0.463 e. The first-order valence-corrected chi connectivity index (χ1v) is 16.2. The van der Waals surface area contributed by atoms with Gasteiger partial charge in [0.15, 0.2) is 6.61 Å². The van der Waals surface area contributed by atoms with Crippen LogP contribution in [0.2, 0.25) is 0 Å². The largest absolute Gasteiger partial charge is 0.514 e. The molecule has 0 aliphatic carbocycles. The number of esters is 2. The molecule has 0 saturated carbocycles. The molecule has 4 rings (SSSR count).